The van der Waals surface area contributed by atoms with Crippen molar-refractivity contribution in [3.05, 3.63) is 82.2 Å². The Labute approximate surface area is 222 Å². The summed E-state index contributed by atoms with van der Waals surface area (Å²) >= 11 is 1.85. The molecule has 1 aromatic carbocycles. The van der Waals surface area contributed by atoms with Crippen LogP contribution >= 0.6 is 11.3 Å². The van der Waals surface area contributed by atoms with Crippen LogP contribution in [0, 0.1) is 0 Å². The smallest absolute Gasteiger partial charge is 0.0701 e. The zero-order chi connectivity index (χ0) is 26.9. The average Bonchev–Trinajstić information content (AvgIpc) is 3.39. The summed E-state index contributed by atoms with van der Waals surface area (Å²) in [6, 6.07) is 12.8. The minimum Gasteiger partial charge on any atom is -0.306 e. The van der Waals surface area contributed by atoms with Crippen LogP contribution in [0.15, 0.2) is 71.2 Å². The number of hydrogen-bond donors (Lipinski definition) is 0. The van der Waals surface area contributed by atoms with Crippen molar-refractivity contribution in [1.82, 2.24) is 4.90 Å². The molecule has 0 amide bonds. The van der Waals surface area contributed by atoms with E-state index in [1.54, 1.807) is 0 Å². The molecule has 0 aliphatic carbocycles. The van der Waals surface area contributed by atoms with Crippen LogP contribution in [-0.2, 0) is 12.8 Å². The highest BCUT2D eigenvalue weighted by Gasteiger charge is 2.01. The summed E-state index contributed by atoms with van der Waals surface area (Å²) < 4.78 is 0. The number of allylic oxidation sites excluding steroid dienone is 3. The van der Waals surface area contributed by atoms with Crippen LogP contribution in [-0.4, -0.2) is 30.7 Å². The van der Waals surface area contributed by atoms with Gasteiger partial charge in [0.25, 0.3) is 0 Å². The fraction of sp³-hybridized carbons (Fsp3) is 0.531. The third-order valence-electron chi connectivity index (χ3n) is 4.93. The zero-order valence-corrected chi connectivity index (χ0v) is 25.2. The molecule has 2 nitrogen and oxygen atoms in total. The van der Waals surface area contributed by atoms with E-state index in [4.69, 9.17) is 0 Å². The van der Waals surface area contributed by atoms with Crippen LogP contribution in [0.5, 0.6) is 0 Å². The van der Waals surface area contributed by atoms with Crippen LogP contribution in [0.25, 0.3) is 0 Å². The number of aryl methyl sites for hydroxylation is 2. The van der Waals surface area contributed by atoms with Crippen molar-refractivity contribution in [3.63, 3.8) is 0 Å². The molecule has 0 fully saturated rings. The monoisotopic (exact) mass is 498 g/mol. The molecule has 2 rings (SSSR count). The predicted octanol–water partition coefficient (Wildman–Crippen LogP) is 10.0. The van der Waals surface area contributed by atoms with E-state index in [0.29, 0.717) is 0 Å². The van der Waals surface area contributed by atoms with Crippen molar-refractivity contribution in [3.8, 4) is 0 Å². The fourth-order valence-corrected chi connectivity index (χ4v) is 3.94. The number of hydrogen-bond acceptors (Lipinski definition) is 3. The first-order valence-corrected chi connectivity index (χ1v) is 14.5. The summed E-state index contributed by atoms with van der Waals surface area (Å²) in [4.78, 5) is 8.43. The van der Waals surface area contributed by atoms with Crippen LogP contribution in [0.3, 0.4) is 0 Å². The van der Waals surface area contributed by atoms with E-state index >= 15 is 0 Å². The van der Waals surface area contributed by atoms with Gasteiger partial charge < -0.3 is 4.90 Å². The topological polar surface area (TPSA) is 15.6 Å². The molecule has 0 N–H and O–H groups in total. The first-order chi connectivity index (χ1) is 16.9. The second kappa shape index (κ2) is 25.1. The third-order valence-corrected chi connectivity index (χ3v) is 5.87. The second-order valence-corrected chi connectivity index (χ2v) is 9.14. The minimum atomic E-state index is 0.883. The highest BCUT2D eigenvalue weighted by molar-refractivity contribution is 7.09. The van der Waals surface area contributed by atoms with Crippen LogP contribution in [0.1, 0.15) is 97.1 Å². The summed E-state index contributed by atoms with van der Waals surface area (Å²) in [6.45, 7) is 23.3. The Morgan fingerprint density at radius 1 is 0.971 bits per heavy atom. The van der Waals surface area contributed by atoms with E-state index in [2.05, 4.69) is 99.9 Å². The van der Waals surface area contributed by atoms with Crippen molar-refractivity contribution in [2.45, 2.75) is 93.9 Å². The van der Waals surface area contributed by atoms with Gasteiger partial charge in [0.15, 0.2) is 0 Å². The summed E-state index contributed by atoms with van der Waals surface area (Å²) in [6.07, 6.45) is 11.0. The molecule has 0 atom stereocenters. The average molecular weight is 499 g/mol. The highest BCUT2D eigenvalue weighted by atomic mass is 32.1. The third kappa shape index (κ3) is 19.0. The molecule has 0 aliphatic rings. The molecular weight excluding hydrogens is 444 g/mol. The van der Waals surface area contributed by atoms with E-state index in [-0.39, 0.29) is 0 Å². The van der Waals surface area contributed by atoms with Gasteiger partial charge in [-0.15, -0.1) is 11.3 Å². The molecular formula is C32H54N2S. The molecule has 1 aromatic heterocycles. The fourth-order valence-electron chi connectivity index (χ4n) is 3.13. The minimum absolute atomic E-state index is 0.883. The summed E-state index contributed by atoms with van der Waals surface area (Å²) in [5.74, 6) is 0. The van der Waals surface area contributed by atoms with Gasteiger partial charge >= 0.3 is 0 Å². The lowest BCUT2D eigenvalue weighted by molar-refractivity contribution is 0.335. The Morgan fingerprint density at radius 3 is 2.09 bits per heavy atom. The largest absolute Gasteiger partial charge is 0.306 e. The van der Waals surface area contributed by atoms with Crippen LogP contribution < -0.4 is 0 Å². The lowest BCUT2D eigenvalue weighted by Gasteiger charge is -2.12. The molecule has 0 bridgehead atoms. The first-order valence-electron chi connectivity index (χ1n) is 13.6. The van der Waals surface area contributed by atoms with E-state index in [1.165, 1.54) is 49.2 Å². The number of thiophene rings is 1. The summed E-state index contributed by atoms with van der Waals surface area (Å²) in [7, 11) is 2.17. The van der Waals surface area contributed by atoms with Gasteiger partial charge in [0, 0.05) is 16.1 Å². The Kier molecular flexibility index (Phi) is 25.3. The summed E-state index contributed by atoms with van der Waals surface area (Å²) in [5, 5.41) is 2.13. The molecule has 0 spiro atoms. The predicted molar refractivity (Wildman–Crippen MR) is 164 cm³/mol. The molecule has 35 heavy (non-hydrogen) atoms. The van der Waals surface area contributed by atoms with E-state index in [1.807, 2.05) is 44.3 Å². The molecule has 0 saturated heterocycles. The Hall–Kier alpha value is -1.97. The summed E-state index contributed by atoms with van der Waals surface area (Å²) in [5.41, 5.74) is 4.41. The molecule has 0 unspecified atom stereocenters. The molecule has 1 heterocycles. The number of rotatable bonds is 11. The van der Waals surface area contributed by atoms with Crippen LogP contribution in [0.4, 0.5) is 0 Å². The van der Waals surface area contributed by atoms with Gasteiger partial charge in [-0.3, -0.25) is 4.99 Å². The van der Waals surface area contributed by atoms with Crippen molar-refractivity contribution in [1.29, 1.82) is 0 Å². The zero-order valence-electron chi connectivity index (χ0n) is 24.4. The maximum Gasteiger partial charge on any atom is 0.0701 e. The first kappa shape index (κ1) is 35.2. The Balaban J connectivity index is 0. The van der Waals surface area contributed by atoms with Gasteiger partial charge in [-0.2, -0.15) is 0 Å². The Bertz CT molecular complexity index is 782. The maximum atomic E-state index is 4.57. The highest BCUT2D eigenvalue weighted by Crippen LogP contribution is 2.11. The van der Waals surface area contributed by atoms with E-state index < -0.39 is 0 Å². The van der Waals surface area contributed by atoms with E-state index in [0.717, 1.165) is 29.8 Å². The lowest BCUT2D eigenvalue weighted by Crippen LogP contribution is -2.19. The van der Waals surface area contributed by atoms with Gasteiger partial charge in [0.1, 0.15) is 0 Å². The van der Waals surface area contributed by atoms with Gasteiger partial charge in [-0.05, 0) is 88.3 Å². The molecule has 2 aromatic rings. The standard InChI is InChI=1S/C16H21N.C7H17N.C7H10S.C2H6/c1-5-9-16(17-13(4)6-2)15-11-8-10-14(7-3)12-15;1-4-6-8(3)7-5-2;1-2-4-7-5-3-6-8-7;1-2/h5,8-12H,4,6-7H2,1-3H3;4-7H2,1-3H3;3,5-6H,2,4H2,1H3;1-2H3/b9-5-,17-16?;;;. The molecule has 0 saturated carbocycles. The molecule has 0 radical (unpaired) electrons. The second-order valence-electron chi connectivity index (χ2n) is 8.10. The number of nitrogens with zero attached hydrogens (tertiary/aromatic N) is 2. The van der Waals surface area contributed by atoms with Crippen LogP contribution in [0.2, 0.25) is 0 Å². The normalized spacial score (nSPS) is 10.6. The van der Waals surface area contributed by atoms with Crippen molar-refractivity contribution >= 4 is 17.0 Å². The van der Waals surface area contributed by atoms with Gasteiger partial charge in [-0.1, -0.05) is 91.8 Å². The molecule has 198 valence electrons. The van der Waals surface area contributed by atoms with Crippen molar-refractivity contribution < 1.29 is 0 Å². The maximum absolute atomic E-state index is 4.57. The lowest BCUT2D eigenvalue weighted by atomic mass is 10.0. The molecule has 3 heteroatoms. The van der Waals surface area contributed by atoms with Gasteiger partial charge in [-0.25, -0.2) is 0 Å². The van der Waals surface area contributed by atoms with Crippen molar-refractivity contribution in [2.24, 2.45) is 4.99 Å². The quantitative estimate of drug-likeness (QED) is 0.281. The van der Waals surface area contributed by atoms with Gasteiger partial charge in [0.2, 0.25) is 0 Å². The van der Waals surface area contributed by atoms with Gasteiger partial charge in [0.05, 0.1) is 5.71 Å². The van der Waals surface area contributed by atoms with Crippen molar-refractivity contribution in [2.75, 3.05) is 20.1 Å². The number of benzene rings is 1. The SMILES string of the molecule is C=C(CC)N=C(/C=C\C)c1cccc(CC)c1.CC.CCCN(C)CCC.CCCc1cccs1. The Morgan fingerprint density at radius 2 is 1.63 bits per heavy atom. The number of aliphatic imine (C=N–C) groups is 1. The molecule has 0 aliphatic heterocycles. The van der Waals surface area contributed by atoms with E-state index in [9.17, 15) is 0 Å².